The van der Waals surface area contributed by atoms with E-state index < -0.39 is 0 Å². The van der Waals surface area contributed by atoms with Crippen molar-refractivity contribution in [1.29, 1.82) is 0 Å². The number of hydrogen-bond acceptors (Lipinski definition) is 1. The molecule has 1 aliphatic rings. The lowest BCUT2D eigenvalue weighted by atomic mass is 9.95. The molecule has 0 aliphatic carbocycles. The van der Waals surface area contributed by atoms with Crippen molar-refractivity contribution < 1.29 is 0 Å². The first kappa shape index (κ1) is 11.9. The van der Waals surface area contributed by atoms with E-state index in [-0.39, 0.29) is 0 Å². The zero-order valence-electron chi connectivity index (χ0n) is 9.67. The van der Waals surface area contributed by atoms with Gasteiger partial charge in [0.25, 0.3) is 0 Å². The molecule has 1 heterocycles. The molecule has 0 unspecified atom stereocenters. The molecule has 1 fully saturated rings. The topological polar surface area (TPSA) is 12.0 Å². The molecule has 0 radical (unpaired) electrons. The van der Waals surface area contributed by atoms with Crippen LogP contribution in [0.4, 0.5) is 0 Å². The highest BCUT2D eigenvalue weighted by atomic mass is 79.9. The SMILES string of the molecule is C[C@@H](C=C1CCNCC1)c1ccc(Br)cc1. The van der Waals surface area contributed by atoms with Crippen LogP contribution in [0.1, 0.15) is 31.2 Å². The molecule has 2 rings (SSSR count). The van der Waals surface area contributed by atoms with E-state index in [9.17, 15) is 0 Å². The van der Waals surface area contributed by atoms with Crippen molar-refractivity contribution in [2.75, 3.05) is 13.1 Å². The fourth-order valence-corrected chi connectivity index (χ4v) is 2.40. The van der Waals surface area contributed by atoms with Crippen molar-refractivity contribution in [2.24, 2.45) is 0 Å². The van der Waals surface area contributed by atoms with Gasteiger partial charge in [-0.15, -0.1) is 0 Å². The summed E-state index contributed by atoms with van der Waals surface area (Å²) < 4.78 is 1.15. The van der Waals surface area contributed by atoms with Gasteiger partial charge < -0.3 is 5.32 Å². The van der Waals surface area contributed by atoms with Crippen molar-refractivity contribution in [1.82, 2.24) is 5.32 Å². The molecule has 1 aromatic rings. The minimum atomic E-state index is 0.529. The van der Waals surface area contributed by atoms with Crippen LogP contribution >= 0.6 is 15.9 Å². The Hall–Kier alpha value is -0.600. The minimum absolute atomic E-state index is 0.529. The molecule has 0 spiro atoms. The maximum Gasteiger partial charge on any atom is 0.0175 e. The van der Waals surface area contributed by atoms with Gasteiger partial charge in [-0.25, -0.2) is 0 Å². The normalized spacial score (nSPS) is 18.2. The number of nitrogens with one attached hydrogen (secondary N) is 1. The Balaban J connectivity index is 2.06. The van der Waals surface area contributed by atoms with Crippen LogP contribution in [-0.4, -0.2) is 13.1 Å². The van der Waals surface area contributed by atoms with Gasteiger partial charge in [-0.05, 0) is 49.5 Å². The van der Waals surface area contributed by atoms with E-state index in [1.54, 1.807) is 5.57 Å². The van der Waals surface area contributed by atoms with Crippen LogP contribution in [0.25, 0.3) is 0 Å². The highest BCUT2D eigenvalue weighted by Crippen LogP contribution is 2.23. The van der Waals surface area contributed by atoms with Gasteiger partial charge >= 0.3 is 0 Å². The van der Waals surface area contributed by atoms with Crippen LogP contribution in [0.2, 0.25) is 0 Å². The Morgan fingerprint density at radius 3 is 2.44 bits per heavy atom. The molecule has 2 heteroatoms. The number of piperidine rings is 1. The van der Waals surface area contributed by atoms with Gasteiger partial charge in [0.05, 0.1) is 0 Å². The summed E-state index contributed by atoms with van der Waals surface area (Å²) in [6, 6.07) is 8.64. The molecule has 0 bridgehead atoms. The van der Waals surface area contributed by atoms with Crippen LogP contribution in [0, 0.1) is 0 Å². The Bertz CT molecular complexity index is 359. The highest BCUT2D eigenvalue weighted by Gasteiger charge is 2.07. The zero-order valence-corrected chi connectivity index (χ0v) is 11.3. The fraction of sp³-hybridized carbons (Fsp3) is 0.429. The maximum absolute atomic E-state index is 3.47. The lowest BCUT2D eigenvalue weighted by Crippen LogP contribution is -2.23. The van der Waals surface area contributed by atoms with Crippen LogP contribution in [-0.2, 0) is 0 Å². The maximum atomic E-state index is 3.47. The third kappa shape index (κ3) is 3.19. The first-order valence-electron chi connectivity index (χ1n) is 5.91. The van der Waals surface area contributed by atoms with Crippen LogP contribution in [0.15, 0.2) is 40.4 Å². The number of halogens is 1. The summed E-state index contributed by atoms with van der Waals surface area (Å²) >= 11 is 3.47. The summed E-state index contributed by atoms with van der Waals surface area (Å²) in [5.41, 5.74) is 3.00. The Morgan fingerprint density at radius 1 is 1.19 bits per heavy atom. The molecule has 1 N–H and O–H groups in total. The summed E-state index contributed by atoms with van der Waals surface area (Å²) in [6.45, 7) is 4.55. The largest absolute Gasteiger partial charge is 0.316 e. The van der Waals surface area contributed by atoms with E-state index >= 15 is 0 Å². The molecule has 1 nitrogen and oxygen atoms in total. The highest BCUT2D eigenvalue weighted by molar-refractivity contribution is 9.10. The Kier molecular flexibility index (Phi) is 4.19. The predicted octanol–water partition coefficient (Wildman–Crippen LogP) is 3.86. The third-order valence-corrected chi connectivity index (χ3v) is 3.66. The fourth-order valence-electron chi connectivity index (χ4n) is 2.13. The average Bonchev–Trinajstić information content (AvgIpc) is 2.31. The Labute approximate surface area is 106 Å². The zero-order chi connectivity index (χ0) is 11.4. The van der Waals surface area contributed by atoms with E-state index in [4.69, 9.17) is 0 Å². The van der Waals surface area contributed by atoms with E-state index in [1.165, 1.54) is 18.4 Å². The summed E-state index contributed by atoms with van der Waals surface area (Å²) in [7, 11) is 0. The van der Waals surface area contributed by atoms with Crippen molar-refractivity contribution in [3.05, 3.63) is 46.0 Å². The molecule has 0 saturated carbocycles. The molecule has 86 valence electrons. The van der Waals surface area contributed by atoms with Crippen LogP contribution in [0.5, 0.6) is 0 Å². The standard InChI is InChI=1S/C14H18BrN/c1-11(10-12-6-8-16-9-7-12)13-2-4-14(15)5-3-13/h2-5,10-11,16H,6-9H2,1H3/t11-/m0/s1. The molecule has 1 aromatic carbocycles. The first-order valence-corrected chi connectivity index (χ1v) is 6.71. The van der Waals surface area contributed by atoms with Crippen molar-refractivity contribution >= 4 is 15.9 Å². The summed E-state index contributed by atoms with van der Waals surface area (Å²) in [6.07, 6.45) is 4.85. The van der Waals surface area contributed by atoms with Gasteiger partial charge in [0.1, 0.15) is 0 Å². The van der Waals surface area contributed by atoms with Crippen molar-refractivity contribution in [3.63, 3.8) is 0 Å². The number of allylic oxidation sites excluding steroid dienone is 1. The monoisotopic (exact) mass is 279 g/mol. The van der Waals surface area contributed by atoms with Gasteiger partial charge in [0.2, 0.25) is 0 Å². The second kappa shape index (κ2) is 5.65. The summed E-state index contributed by atoms with van der Waals surface area (Å²) in [4.78, 5) is 0. The molecule has 1 aliphatic heterocycles. The first-order chi connectivity index (χ1) is 7.75. The van der Waals surface area contributed by atoms with Gasteiger partial charge in [-0.3, -0.25) is 0 Å². The molecule has 1 saturated heterocycles. The van der Waals surface area contributed by atoms with Crippen molar-refractivity contribution in [3.8, 4) is 0 Å². The van der Waals surface area contributed by atoms with Gasteiger partial charge in [-0.2, -0.15) is 0 Å². The van der Waals surface area contributed by atoms with E-state index in [2.05, 4.69) is 58.5 Å². The summed E-state index contributed by atoms with van der Waals surface area (Å²) in [5.74, 6) is 0.529. The molecule has 16 heavy (non-hydrogen) atoms. The quantitative estimate of drug-likeness (QED) is 0.811. The molecule has 0 amide bonds. The van der Waals surface area contributed by atoms with Gasteiger partial charge in [-0.1, -0.05) is 46.6 Å². The van der Waals surface area contributed by atoms with Gasteiger partial charge in [0.15, 0.2) is 0 Å². The Morgan fingerprint density at radius 2 is 1.81 bits per heavy atom. The van der Waals surface area contributed by atoms with Gasteiger partial charge in [0, 0.05) is 4.47 Å². The van der Waals surface area contributed by atoms with E-state index in [0.29, 0.717) is 5.92 Å². The second-order valence-electron chi connectivity index (χ2n) is 4.42. The van der Waals surface area contributed by atoms with Crippen LogP contribution in [0.3, 0.4) is 0 Å². The van der Waals surface area contributed by atoms with Crippen molar-refractivity contribution in [2.45, 2.75) is 25.7 Å². The lowest BCUT2D eigenvalue weighted by Gasteiger charge is -2.17. The summed E-state index contributed by atoms with van der Waals surface area (Å²) in [5, 5.41) is 3.39. The number of benzene rings is 1. The number of rotatable bonds is 2. The average molecular weight is 280 g/mol. The third-order valence-electron chi connectivity index (χ3n) is 3.13. The lowest BCUT2D eigenvalue weighted by molar-refractivity contribution is 0.605. The molecular formula is C14H18BrN. The predicted molar refractivity (Wildman–Crippen MR) is 72.7 cm³/mol. The molecule has 0 aromatic heterocycles. The molecular weight excluding hydrogens is 262 g/mol. The number of hydrogen-bond donors (Lipinski definition) is 1. The molecule has 1 atom stereocenters. The smallest absolute Gasteiger partial charge is 0.0175 e. The van der Waals surface area contributed by atoms with Crippen LogP contribution < -0.4 is 5.32 Å². The van der Waals surface area contributed by atoms with E-state index in [0.717, 1.165) is 17.6 Å². The second-order valence-corrected chi connectivity index (χ2v) is 5.33. The van der Waals surface area contributed by atoms with E-state index in [1.807, 2.05) is 0 Å². The minimum Gasteiger partial charge on any atom is -0.316 e.